The SMILES string of the molecule is [2H]C(C(C)C)[C@@H](N1C(=O)[C@H](C)C[C@H](c2cccc(Cl)c2)[C@H]1c1ccc(Cl)cc1)S(=O)(=O)C(C)C. The molecule has 0 aliphatic carbocycles. The third-order valence-corrected chi connectivity index (χ3v) is 9.13. The van der Waals surface area contributed by atoms with Crippen LogP contribution in [0.4, 0.5) is 0 Å². The van der Waals surface area contributed by atoms with Crippen molar-refractivity contribution in [1.29, 1.82) is 0 Å². The van der Waals surface area contributed by atoms with Gasteiger partial charge in [-0.25, -0.2) is 8.42 Å². The Morgan fingerprint density at radius 1 is 1.03 bits per heavy atom. The van der Waals surface area contributed by atoms with Crippen molar-refractivity contribution in [2.75, 3.05) is 0 Å². The van der Waals surface area contributed by atoms with E-state index < -0.39 is 38.8 Å². The topological polar surface area (TPSA) is 54.5 Å². The van der Waals surface area contributed by atoms with Gasteiger partial charge in [-0.15, -0.1) is 0 Å². The molecule has 1 unspecified atom stereocenters. The van der Waals surface area contributed by atoms with Crippen LogP contribution >= 0.6 is 23.2 Å². The number of nitrogens with zero attached hydrogens (tertiary/aromatic N) is 1. The number of halogens is 2. The standard InChI is InChI=1S/C26H33Cl2NO3S/c1-16(2)13-24(33(31,32)17(3)4)29-25(19-9-11-21(27)12-10-19)23(14-18(5)26(29)30)20-7-6-8-22(28)15-20/h6-12,15-18,23-25H,13-14H2,1-5H3/t18-,23-,24+,25-/m1/s1/i13D/t13?,18-,23-,24+,25-. The molecule has 4 nitrogen and oxygen atoms in total. The Bertz CT molecular complexity index is 1120. The van der Waals surface area contributed by atoms with E-state index in [1.807, 2.05) is 51.1 Å². The monoisotopic (exact) mass is 510 g/mol. The Labute approximate surface area is 209 Å². The zero-order valence-electron chi connectivity index (χ0n) is 20.7. The molecule has 7 heteroatoms. The van der Waals surface area contributed by atoms with E-state index in [0.29, 0.717) is 16.5 Å². The molecule has 0 saturated carbocycles. The first-order valence-electron chi connectivity index (χ1n) is 11.9. The number of carbonyl (C=O) groups excluding carboxylic acids is 1. The van der Waals surface area contributed by atoms with Crippen molar-refractivity contribution in [2.24, 2.45) is 11.8 Å². The van der Waals surface area contributed by atoms with Gasteiger partial charge in [0, 0.05) is 23.3 Å². The lowest BCUT2D eigenvalue weighted by Crippen LogP contribution is -2.55. The highest BCUT2D eigenvalue weighted by Crippen LogP contribution is 2.48. The normalized spacial score (nSPS) is 24.2. The fourth-order valence-corrected chi connectivity index (χ4v) is 6.52. The first-order valence-corrected chi connectivity index (χ1v) is 13.7. The minimum atomic E-state index is -3.84. The van der Waals surface area contributed by atoms with Crippen LogP contribution in [0.3, 0.4) is 0 Å². The van der Waals surface area contributed by atoms with Crippen LogP contribution in [0.5, 0.6) is 0 Å². The van der Waals surface area contributed by atoms with Gasteiger partial charge < -0.3 is 4.90 Å². The molecule has 180 valence electrons. The summed E-state index contributed by atoms with van der Waals surface area (Å²) in [5, 5.41) is -0.873. The lowest BCUT2D eigenvalue weighted by Gasteiger charge is -2.48. The summed E-state index contributed by atoms with van der Waals surface area (Å²) in [5.41, 5.74) is 1.72. The van der Waals surface area contributed by atoms with E-state index in [1.54, 1.807) is 32.0 Å². The van der Waals surface area contributed by atoms with Gasteiger partial charge in [0.1, 0.15) is 5.37 Å². The van der Waals surface area contributed by atoms with Crippen LogP contribution in [0.1, 0.15) is 71.9 Å². The van der Waals surface area contributed by atoms with Gasteiger partial charge in [0.25, 0.3) is 0 Å². The van der Waals surface area contributed by atoms with E-state index in [4.69, 9.17) is 24.6 Å². The highest BCUT2D eigenvalue weighted by Gasteiger charge is 2.48. The highest BCUT2D eigenvalue weighted by molar-refractivity contribution is 7.92. The van der Waals surface area contributed by atoms with Crippen molar-refractivity contribution < 1.29 is 14.6 Å². The Hall–Kier alpha value is -1.56. The molecule has 0 N–H and O–H groups in total. The number of amides is 1. The molecule has 1 aliphatic heterocycles. The largest absolute Gasteiger partial charge is 0.318 e. The van der Waals surface area contributed by atoms with Crippen LogP contribution < -0.4 is 0 Å². The van der Waals surface area contributed by atoms with Crippen LogP contribution in [-0.4, -0.2) is 29.8 Å². The van der Waals surface area contributed by atoms with Gasteiger partial charge in [0.05, 0.1) is 11.3 Å². The maximum Gasteiger partial charge on any atom is 0.227 e. The van der Waals surface area contributed by atoms with Crippen LogP contribution in [0.2, 0.25) is 10.0 Å². The number of likely N-dealkylation sites (tertiary alicyclic amines) is 1. The molecular weight excluding hydrogens is 477 g/mol. The fraction of sp³-hybridized carbons (Fsp3) is 0.500. The van der Waals surface area contributed by atoms with Gasteiger partial charge in [0.2, 0.25) is 5.91 Å². The maximum absolute atomic E-state index is 13.8. The first kappa shape index (κ1) is 24.6. The minimum Gasteiger partial charge on any atom is -0.318 e. The Kier molecular flexibility index (Phi) is 7.72. The molecule has 2 aromatic rings. The molecule has 5 atom stereocenters. The lowest BCUT2D eigenvalue weighted by atomic mass is 9.76. The number of hydrogen-bond donors (Lipinski definition) is 0. The van der Waals surface area contributed by atoms with Gasteiger partial charge in [-0.05, 0) is 68.0 Å². The van der Waals surface area contributed by atoms with Gasteiger partial charge in [0.15, 0.2) is 9.84 Å². The Morgan fingerprint density at radius 3 is 2.21 bits per heavy atom. The van der Waals surface area contributed by atoms with E-state index in [0.717, 1.165) is 11.1 Å². The molecule has 1 aliphatic rings. The van der Waals surface area contributed by atoms with Crippen molar-refractivity contribution in [2.45, 2.75) is 70.0 Å². The van der Waals surface area contributed by atoms with Crippen molar-refractivity contribution in [3.63, 3.8) is 0 Å². The lowest BCUT2D eigenvalue weighted by molar-refractivity contribution is -0.144. The van der Waals surface area contributed by atoms with Crippen molar-refractivity contribution >= 4 is 38.9 Å². The predicted molar refractivity (Wildman–Crippen MR) is 136 cm³/mol. The Morgan fingerprint density at radius 2 is 1.67 bits per heavy atom. The third kappa shape index (κ3) is 5.58. The van der Waals surface area contributed by atoms with Crippen LogP contribution in [0.15, 0.2) is 48.5 Å². The molecule has 0 aromatic heterocycles. The summed E-state index contributed by atoms with van der Waals surface area (Å²) in [6.07, 6.45) is -0.460. The molecule has 3 rings (SSSR count). The maximum atomic E-state index is 13.8. The second-order valence-corrected chi connectivity index (χ2v) is 13.0. The number of rotatable bonds is 7. The molecule has 1 heterocycles. The minimum absolute atomic E-state index is 0.197. The zero-order valence-corrected chi connectivity index (χ0v) is 22.0. The molecule has 0 bridgehead atoms. The number of sulfone groups is 1. The number of benzene rings is 2. The van der Waals surface area contributed by atoms with E-state index in [2.05, 4.69) is 0 Å². The number of piperidine rings is 1. The first-order chi connectivity index (χ1) is 15.9. The summed E-state index contributed by atoms with van der Waals surface area (Å²) < 4.78 is 36.3. The van der Waals surface area contributed by atoms with Gasteiger partial charge in [-0.2, -0.15) is 0 Å². The van der Waals surface area contributed by atoms with Gasteiger partial charge >= 0.3 is 0 Å². The van der Waals surface area contributed by atoms with E-state index in [-0.39, 0.29) is 17.7 Å². The van der Waals surface area contributed by atoms with Crippen LogP contribution in [0, 0.1) is 11.8 Å². The van der Waals surface area contributed by atoms with E-state index >= 15 is 0 Å². The third-order valence-electron chi connectivity index (χ3n) is 6.27. The summed E-state index contributed by atoms with van der Waals surface area (Å²) in [4.78, 5) is 15.3. The van der Waals surface area contributed by atoms with Crippen LogP contribution in [-0.2, 0) is 14.6 Å². The smallest absolute Gasteiger partial charge is 0.227 e. The van der Waals surface area contributed by atoms with Crippen LogP contribution in [0.25, 0.3) is 0 Å². The predicted octanol–water partition coefficient (Wildman–Crippen LogP) is 6.88. The Balaban J connectivity index is 2.30. The molecular formula is C26H33Cl2NO3S. The number of hydrogen-bond acceptors (Lipinski definition) is 3. The zero-order chi connectivity index (χ0) is 25.4. The van der Waals surface area contributed by atoms with Gasteiger partial charge in [-0.1, -0.05) is 68.2 Å². The second-order valence-electron chi connectivity index (χ2n) is 9.50. The molecule has 0 spiro atoms. The molecule has 1 saturated heterocycles. The molecule has 1 amide bonds. The molecule has 1 fully saturated rings. The average molecular weight is 512 g/mol. The second kappa shape index (κ2) is 10.4. The number of carbonyl (C=O) groups is 1. The van der Waals surface area contributed by atoms with Crippen molar-refractivity contribution in [3.8, 4) is 0 Å². The molecule has 2 aromatic carbocycles. The van der Waals surface area contributed by atoms with Crippen molar-refractivity contribution in [3.05, 3.63) is 69.7 Å². The summed E-state index contributed by atoms with van der Waals surface area (Å²) in [6, 6.07) is 14.1. The summed E-state index contributed by atoms with van der Waals surface area (Å²) in [6.45, 7) is 8.70. The summed E-state index contributed by atoms with van der Waals surface area (Å²) in [5.74, 6) is -1.11. The molecule has 33 heavy (non-hydrogen) atoms. The van der Waals surface area contributed by atoms with E-state index in [9.17, 15) is 13.2 Å². The molecule has 0 radical (unpaired) electrons. The highest BCUT2D eigenvalue weighted by atomic mass is 35.5. The van der Waals surface area contributed by atoms with Gasteiger partial charge in [-0.3, -0.25) is 4.79 Å². The van der Waals surface area contributed by atoms with E-state index in [1.165, 1.54) is 4.90 Å². The quantitative estimate of drug-likeness (QED) is 0.407. The fourth-order valence-electron chi connectivity index (χ4n) is 4.56. The van der Waals surface area contributed by atoms with Crippen molar-refractivity contribution in [1.82, 2.24) is 4.90 Å². The summed E-state index contributed by atoms with van der Waals surface area (Å²) >= 11 is 12.5. The summed E-state index contributed by atoms with van der Waals surface area (Å²) in [7, 11) is -3.84. The average Bonchev–Trinajstić information content (AvgIpc) is 2.77.